The third-order valence-corrected chi connectivity index (χ3v) is 7.06. The first-order valence-corrected chi connectivity index (χ1v) is 11.4. The van der Waals surface area contributed by atoms with E-state index >= 15 is 0 Å². The van der Waals surface area contributed by atoms with Crippen LogP contribution in [-0.4, -0.2) is 20.4 Å². The largest absolute Gasteiger partial charge is 0.349 e. The molecule has 0 unspecified atom stereocenters. The maximum Gasteiger partial charge on any atom is 0.240 e. The summed E-state index contributed by atoms with van der Waals surface area (Å²) in [7, 11) is -3.61. The number of sulfonamides is 1. The molecule has 2 aromatic rings. The van der Waals surface area contributed by atoms with Crippen LogP contribution < -0.4 is 10.0 Å². The molecule has 3 rings (SSSR count). The second-order valence-electron chi connectivity index (χ2n) is 7.41. The van der Waals surface area contributed by atoms with Crippen molar-refractivity contribution in [2.75, 3.05) is 0 Å². The Labute approximate surface area is 175 Å². The number of halogens is 2. The first-order valence-electron chi connectivity index (χ1n) is 9.58. The van der Waals surface area contributed by atoms with E-state index in [0.29, 0.717) is 30.7 Å². The number of benzene rings is 2. The smallest absolute Gasteiger partial charge is 0.240 e. The van der Waals surface area contributed by atoms with Crippen molar-refractivity contribution in [3.05, 3.63) is 64.9 Å². The van der Waals surface area contributed by atoms with Crippen LogP contribution >= 0.6 is 11.6 Å². The van der Waals surface area contributed by atoms with Gasteiger partial charge in [0.25, 0.3) is 0 Å². The zero-order valence-electron chi connectivity index (χ0n) is 16.1. The van der Waals surface area contributed by atoms with Gasteiger partial charge in [-0.05, 0) is 74.6 Å². The molecule has 0 saturated heterocycles. The van der Waals surface area contributed by atoms with E-state index in [1.807, 2.05) is 6.92 Å². The standard InChI is InChI=1S/C21H24ClFN2O3S/c1-14(15-2-8-18(23)9-3-15)24-21(26)16-4-10-19(11-5-16)25-29(27,28)20-12-6-17(22)7-13-20/h2-3,6-9,12-14,16,19,25H,4-5,10-11H2,1H3,(H,24,26)/t14-,16-,19-/m1/s1. The monoisotopic (exact) mass is 438 g/mol. The molecule has 1 saturated carbocycles. The van der Waals surface area contributed by atoms with Gasteiger partial charge in [-0.25, -0.2) is 17.5 Å². The molecule has 8 heteroatoms. The number of nitrogens with one attached hydrogen (secondary N) is 2. The molecule has 0 aromatic heterocycles. The molecule has 0 radical (unpaired) electrons. The second kappa shape index (κ2) is 9.24. The molecule has 0 aliphatic heterocycles. The minimum atomic E-state index is -3.61. The molecule has 1 atom stereocenters. The summed E-state index contributed by atoms with van der Waals surface area (Å²) in [5.41, 5.74) is 0.837. The van der Waals surface area contributed by atoms with Crippen molar-refractivity contribution >= 4 is 27.5 Å². The lowest BCUT2D eigenvalue weighted by Gasteiger charge is -2.29. The van der Waals surface area contributed by atoms with Gasteiger partial charge in [-0.15, -0.1) is 0 Å². The predicted octanol–water partition coefficient (Wildman–Crippen LogP) is 4.19. The molecule has 0 spiro atoms. The quantitative estimate of drug-likeness (QED) is 0.709. The summed E-state index contributed by atoms with van der Waals surface area (Å²) >= 11 is 5.81. The lowest BCUT2D eigenvalue weighted by molar-refractivity contribution is -0.126. The molecule has 1 amide bonds. The summed E-state index contributed by atoms with van der Waals surface area (Å²) in [4.78, 5) is 12.7. The van der Waals surface area contributed by atoms with Gasteiger partial charge in [0.05, 0.1) is 10.9 Å². The summed E-state index contributed by atoms with van der Waals surface area (Å²) in [5, 5.41) is 3.44. The van der Waals surface area contributed by atoms with Crippen molar-refractivity contribution < 1.29 is 17.6 Å². The van der Waals surface area contributed by atoms with Crippen LogP contribution in [0.25, 0.3) is 0 Å². The molecule has 2 aromatic carbocycles. The summed E-state index contributed by atoms with van der Waals surface area (Å²) in [6.45, 7) is 1.86. The Morgan fingerprint density at radius 1 is 1.03 bits per heavy atom. The van der Waals surface area contributed by atoms with E-state index in [2.05, 4.69) is 10.0 Å². The Balaban J connectivity index is 1.51. The number of carbonyl (C=O) groups is 1. The van der Waals surface area contributed by atoms with Crippen LogP contribution in [0.2, 0.25) is 5.02 Å². The van der Waals surface area contributed by atoms with Crippen molar-refractivity contribution in [2.45, 2.75) is 49.6 Å². The van der Waals surface area contributed by atoms with E-state index in [-0.39, 0.29) is 34.6 Å². The minimum Gasteiger partial charge on any atom is -0.349 e. The Bertz CT molecular complexity index is 941. The highest BCUT2D eigenvalue weighted by atomic mass is 35.5. The zero-order valence-corrected chi connectivity index (χ0v) is 17.6. The molecule has 156 valence electrons. The number of amides is 1. The van der Waals surface area contributed by atoms with Gasteiger partial charge in [-0.1, -0.05) is 23.7 Å². The van der Waals surface area contributed by atoms with Gasteiger partial charge in [0.2, 0.25) is 15.9 Å². The van der Waals surface area contributed by atoms with Crippen LogP contribution in [0.4, 0.5) is 4.39 Å². The number of carbonyl (C=O) groups excluding carboxylic acids is 1. The fourth-order valence-electron chi connectivity index (χ4n) is 3.54. The molecule has 1 aliphatic carbocycles. The number of hydrogen-bond acceptors (Lipinski definition) is 3. The zero-order chi connectivity index (χ0) is 21.0. The lowest BCUT2D eigenvalue weighted by atomic mass is 9.85. The second-order valence-corrected chi connectivity index (χ2v) is 9.56. The maximum absolute atomic E-state index is 13.0. The van der Waals surface area contributed by atoms with Crippen molar-refractivity contribution in [2.24, 2.45) is 5.92 Å². The van der Waals surface area contributed by atoms with E-state index in [4.69, 9.17) is 11.6 Å². The summed E-state index contributed by atoms with van der Waals surface area (Å²) < 4.78 is 40.8. The fraction of sp³-hybridized carbons (Fsp3) is 0.381. The van der Waals surface area contributed by atoms with E-state index in [1.54, 1.807) is 24.3 Å². The van der Waals surface area contributed by atoms with Gasteiger partial charge in [0.1, 0.15) is 5.82 Å². The normalized spacial score (nSPS) is 20.8. The van der Waals surface area contributed by atoms with E-state index < -0.39 is 10.0 Å². The Hall–Kier alpha value is -1.96. The molecule has 5 nitrogen and oxygen atoms in total. The lowest BCUT2D eigenvalue weighted by Crippen LogP contribution is -2.41. The SMILES string of the molecule is C[C@@H](NC(=O)[C@H]1CC[C@H](NS(=O)(=O)c2ccc(Cl)cc2)CC1)c1ccc(F)cc1. The maximum atomic E-state index is 13.0. The van der Waals surface area contributed by atoms with E-state index in [0.717, 1.165) is 5.56 Å². The van der Waals surface area contributed by atoms with Gasteiger partial charge in [0, 0.05) is 17.0 Å². The molecule has 2 N–H and O–H groups in total. The molecule has 1 aliphatic rings. The molecule has 29 heavy (non-hydrogen) atoms. The van der Waals surface area contributed by atoms with E-state index in [9.17, 15) is 17.6 Å². The van der Waals surface area contributed by atoms with Crippen LogP contribution in [0.1, 0.15) is 44.2 Å². The molecule has 0 bridgehead atoms. The molecular formula is C21H24ClFN2O3S. The number of rotatable bonds is 6. The van der Waals surface area contributed by atoms with Crippen LogP contribution in [0.15, 0.2) is 53.4 Å². The van der Waals surface area contributed by atoms with Crippen molar-refractivity contribution in [3.63, 3.8) is 0 Å². The predicted molar refractivity (Wildman–Crippen MR) is 110 cm³/mol. The van der Waals surface area contributed by atoms with Crippen LogP contribution in [0, 0.1) is 11.7 Å². The van der Waals surface area contributed by atoms with Gasteiger partial charge in [0.15, 0.2) is 0 Å². The first kappa shape index (κ1) is 21.7. The average molecular weight is 439 g/mol. The highest BCUT2D eigenvalue weighted by Gasteiger charge is 2.29. The van der Waals surface area contributed by atoms with E-state index in [1.165, 1.54) is 24.3 Å². The molecule has 1 fully saturated rings. The highest BCUT2D eigenvalue weighted by Crippen LogP contribution is 2.27. The number of hydrogen-bond donors (Lipinski definition) is 2. The topological polar surface area (TPSA) is 75.3 Å². The third kappa shape index (κ3) is 5.78. The van der Waals surface area contributed by atoms with Crippen molar-refractivity contribution in [3.8, 4) is 0 Å². The summed E-state index contributed by atoms with van der Waals surface area (Å²) in [6.07, 6.45) is 2.40. The van der Waals surface area contributed by atoms with Gasteiger partial charge in [-0.3, -0.25) is 4.79 Å². The summed E-state index contributed by atoms with van der Waals surface area (Å²) in [5.74, 6) is -0.526. The average Bonchev–Trinajstić information content (AvgIpc) is 2.69. The highest BCUT2D eigenvalue weighted by molar-refractivity contribution is 7.89. The van der Waals surface area contributed by atoms with Gasteiger partial charge < -0.3 is 5.32 Å². The van der Waals surface area contributed by atoms with Crippen LogP contribution in [0.5, 0.6) is 0 Å². The van der Waals surface area contributed by atoms with Gasteiger partial charge in [-0.2, -0.15) is 0 Å². The Morgan fingerprint density at radius 2 is 1.62 bits per heavy atom. The fourth-order valence-corrected chi connectivity index (χ4v) is 4.97. The van der Waals surface area contributed by atoms with Crippen LogP contribution in [-0.2, 0) is 14.8 Å². The Kier molecular flexibility index (Phi) is 6.93. The molecular weight excluding hydrogens is 415 g/mol. The first-order chi connectivity index (χ1) is 13.7. The van der Waals surface area contributed by atoms with Crippen molar-refractivity contribution in [1.82, 2.24) is 10.0 Å². The third-order valence-electron chi connectivity index (χ3n) is 5.27. The Morgan fingerprint density at radius 3 is 2.21 bits per heavy atom. The minimum absolute atomic E-state index is 0.0548. The van der Waals surface area contributed by atoms with Crippen molar-refractivity contribution in [1.29, 1.82) is 0 Å². The molecule has 0 heterocycles. The van der Waals surface area contributed by atoms with Gasteiger partial charge >= 0.3 is 0 Å². The summed E-state index contributed by atoms with van der Waals surface area (Å²) in [6, 6.07) is 11.7. The van der Waals surface area contributed by atoms with Crippen LogP contribution in [0.3, 0.4) is 0 Å².